The number of ketones is 1. The Balaban J connectivity index is 1.61. The number of halogens is 1. The van der Waals surface area contributed by atoms with Gasteiger partial charge in [0, 0.05) is 36.8 Å². The molecule has 1 atom stereocenters. The van der Waals surface area contributed by atoms with Gasteiger partial charge in [-0.3, -0.25) is 14.5 Å². The van der Waals surface area contributed by atoms with Crippen LogP contribution in [0.2, 0.25) is 5.02 Å². The van der Waals surface area contributed by atoms with Crippen molar-refractivity contribution >= 4 is 29.1 Å². The van der Waals surface area contributed by atoms with E-state index in [2.05, 4.69) is 4.90 Å². The first-order valence-electron chi connectivity index (χ1n) is 9.94. The predicted molar refractivity (Wildman–Crippen MR) is 111 cm³/mol. The zero-order chi connectivity index (χ0) is 21.1. The highest BCUT2D eigenvalue weighted by Gasteiger charge is 2.47. The summed E-state index contributed by atoms with van der Waals surface area (Å²) in [6, 6.07) is 9.12. The molecule has 4 rings (SSSR count). The molecule has 2 saturated heterocycles. The summed E-state index contributed by atoms with van der Waals surface area (Å²) in [5.41, 5.74) is 0.450. The number of likely N-dealkylation sites (tertiary alicyclic amines) is 1. The minimum absolute atomic E-state index is 0.0312. The summed E-state index contributed by atoms with van der Waals surface area (Å²) in [5.74, 6) is -1.14. The van der Waals surface area contributed by atoms with E-state index in [1.165, 1.54) is 11.2 Å². The number of carbonyl (C=O) groups excluding carboxylic acids is 2. The molecule has 3 heterocycles. The van der Waals surface area contributed by atoms with Gasteiger partial charge in [-0.05, 0) is 42.8 Å². The quantitative estimate of drug-likeness (QED) is 0.431. The number of aliphatic hydroxyl groups is 1. The van der Waals surface area contributed by atoms with Crippen molar-refractivity contribution in [3.8, 4) is 0 Å². The Kier molecular flexibility index (Phi) is 6.22. The minimum atomic E-state index is -0.764. The van der Waals surface area contributed by atoms with Gasteiger partial charge >= 0.3 is 0 Å². The van der Waals surface area contributed by atoms with Crippen molar-refractivity contribution in [1.29, 1.82) is 0 Å². The highest BCUT2D eigenvalue weighted by atomic mass is 35.5. The molecular formula is C22H23ClN2O5. The van der Waals surface area contributed by atoms with E-state index in [0.29, 0.717) is 42.5 Å². The normalized spacial score (nSPS) is 22.0. The molecule has 30 heavy (non-hydrogen) atoms. The Labute approximate surface area is 179 Å². The number of furan rings is 1. The fourth-order valence-corrected chi connectivity index (χ4v) is 4.03. The van der Waals surface area contributed by atoms with Crippen molar-refractivity contribution in [3.63, 3.8) is 0 Å². The standard InChI is InChI=1S/C22H23ClN2O5/c23-16-6-4-15(5-7-16)20(26)18-19(17-3-1-12-30-17)25(22(28)21(18)27)9-2-8-24-10-13-29-14-11-24/h1,3-7,12,19,26H,2,8-11,13-14H2. The number of hydrogen-bond donors (Lipinski definition) is 1. The number of hydrogen-bond acceptors (Lipinski definition) is 6. The molecule has 7 nitrogen and oxygen atoms in total. The second-order valence-corrected chi connectivity index (χ2v) is 7.76. The van der Waals surface area contributed by atoms with E-state index in [4.69, 9.17) is 20.8 Å². The molecule has 1 N–H and O–H groups in total. The Bertz CT molecular complexity index is 933. The van der Waals surface area contributed by atoms with E-state index in [-0.39, 0.29) is 11.3 Å². The van der Waals surface area contributed by atoms with Crippen molar-refractivity contribution in [2.75, 3.05) is 39.4 Å². The SMILES string of the molecule is O=C1C(=O)N(CCCN2CCOCC2)C(c2ccco2)C1=C(O)c1ccc(Cl)cc1. The average molecular weight is 431 g/mol. The highest BCUT2D eigenvalue weighted by Crippen LogP contribution is 2.39. The van der Waals surface area contributed by atoms with Crippen LogP contribution in [0.25, 0.3) is 5.76 Å². The first kappa shape index (κ1) is 20.7. The minimum Gasteiger partial charge on any atom is -0.507 e. The fraction of sp³-hybridized carbons (Fsp3) is 0.364. The predicted octanol–water partition coefficient (Wildman–Crippen LogP) is 3.08. The Morgan fingerprint density at radius 3 is 2.50 bits per heavy atom. The maximum atomic E-state index is 12.9. The van der Waals surface area contributed by atoms with E-state index in [0.717, 1.165) is 19.6 Å². The summed E-state index contributed by atoms with van der Waals surface area (Å²) in [6.45, 7) is 4.31. The zero-order valence-corrected chi connectivity index (χ0v) is 17.2. The van der Waals surface area contributed by atoms with E-state index in [1.54, 1.807) is 36.4 Å². The number of Topliss-reactive ketones (excluding diaryl/α,β-unsaturated/α-hetero) is 1. The van der Waals surface area contributed by atoms with Crippen molar-refractivity contribution in [2.45, 2.75) is 12.5 Å². The van der Waals surface area contributed by atoms with Crippen LogP contribution in [0.1, 0.15) is 23.8 Å². The number of aliphatic hydroxyl groups excluding tert-OH is 1. The summed E-state index contributed by atoms with van der Waals surface area (Å²) in [6.07, 6.45) is 2.19. The van der Waals surface area contributed by atoms with Crippen LogP contribution in [0.3, 0.4) is 0 Å². The van der Waals surface area contributed by atoms with Crippen molar-refractivity contribution in [3.05, 3.63) is 64.6 Å². The second kappa shape index (κ2) is 9.04. The first-order chi connectivity index (χ1) is 14.6. The van der Waals surface area contributed by atoms with Gasteiger partial charge in [-0.15, -0.1) is 0 Å². The summed E-state index contributed by atoms with van der Waals surface area (Å²) >= 11 is 5.93. The van der Waals surface area contributed by atoms with E-state index < -0.39 is 17.7 Å². The van der Waals surface area contributed by atoms with Gasteiger partial charge in [0.2, 0.25) is 0 Å². The fourth-order valence-electron chi connectivity index (χ4n) is 3.91. The van der Waals surface area contributed by atoms with Gasteiger partial charge in [-0.25, -0.2) is 0 Å². The number of rotatable bonds is 6. The summed E-state index contributed by atoms with van der Waals surface area (Å²) in [5, 5.41) is 11.4. The van der Waals surface area contributed by atoms with Gasteiger partial charge in [0.25, 0.3) is 11.7 Å². The lowest BCUT2D eigenvalue weighted by atomic mass is 9.99. The molecule has 0 aliphatic carbocycles. The van der Waals surface area contributed by atoms with E-state index >= 15 is 0 Å². The van der Waals surface area contributed by atoms with Gasteiger partial charge in [-0.1, -0.05) is 11.6 Å². The second-order valence-electron chi connectivity index (χ2n) is 7.32. The van der Waals surface area contributed by atoms with E-state index in [1.807, 2.05) is 0 Å². The number of amides is 1. The molecule has 0 saturated carbocycles. The van der Waals surface area contributed by atoms with Crippen molar-refractivity contribution in [1.82, 2.24) is 9.80 Å². The maximum absolute atomic E-state index is 12.9. The number of morpholine rings is 1. The highest BCUT2D eigenvalue weighted by molar-refractivity contribution is 6.46. The molecule has 1 aromatic carbocycles. The molecule has 1 aromatic heterocycles. The molecule has 0 radical (unpaired) electrons. The van der Waals surface area contributed by atoms with Crippen LogP contribution in [-0.2, 0) is 14.3 Å². The molecular weight excluding hydrogens is 408 g/mol. The van der Waals surface area contributed by atoms with Gasteiger partial charge in [0.05, 0.1) is 25.1 Å². The van der Waals surface area contributed by atoms with Crippen LogP contribution in [-0.4, -0.2) is 66.0 Å². The lowest BCUT2D eigenvalue weighted by Gasteiger charge is -2.28. The number of nitrogens with zero attached hydrogens (tertiary/aromatic N) is 2. The summed E-state index contributed by atoms with van der Waals surface area (Å²) in [7, 11) is 0. The van der Waals surface area contributed by atoms with Gasteiger partial charge in [-0.2, -0.15) is 0 Å². The molecule has 0 spiro atoms. The molecule has 0 bridgehead atoms. The smallest absolute Gasteiger partial charge is 0.295 e. The van der Waals surface area contributed by atoms with Crippen LogP contribution < -0.4 is 0 Å². The lowest BCUT2D eigenvalue weighted by Crippen LogP contribution is -2.38. The van der Waals surface area contributed by atoms with Crippen molar-refractivity contribution in [2.24, 2.45) is 0 Å². The van der Waals surface area contributed by atoms with Crippen molar-refractivity contribution < 1.29 is 23.8 Å². The molecule has 158 valence electrons. The Morgan fingerprint density at radius 2 is 1.83 bits per heavy atom. The van der Waals surface area contributed by atoms with Crippen LogP contribution in [0.15, 0.2) is 52.7 Å². The number of ether oxygens (including phenoxy) is 1. The monoisotopic (exact) mass is 430 g/mol. The third kappa shape index (κ3) is 4.14. The Morgan fingerprint density at radius 1 is 1.10 bits per heavy atom. The third-order valence-corrected chi connectivity index (χ3v) is 5.70. The maximum Gasteiger partial charge on any atom is 0.295 e. The molecule has 2 fully saturated rings. The third-order valence-electron chi connectivity index (χ3n) is 5.45. The Hall–Kier alpha value is -2.61. The summed E-state index contributed by atoms with van der Waals surface area (Å²) < 4.78 is 10.9. The zero-order valence-electron chi connectivity index (χ0n) is 16.4. The molecule has 2 aromatic rings. The number of carbonyl (C=O) groups is 2. The lowest BCUT2D eigenvalue weighted by molar-refractivity contribution is -0.140. The van der Waals surface area contributed by atoms with Gasteiger partial charge in [0.1, 0.15) is 17.6 Å². The van der Waals surface area contributed by atoms with Crippen LogP contribution in [0.5, 0.6) is 0 Å². The number of benzene rings is 1. The molecule has 8 heteroatoms. The van der Waals surface area contributed by atoms with Crippen LogP contribution in [0, 0.1) is 0 Å². The molecule has 2 aliphatic heterocycles. The van der Waals surface area contributed by atoms with Crippen LogP contribution >= 0.6 is 11.6 Å². The van der Waals surface area contributed by atoms with Gasteiger partial charge < -0.3 is 19.2 Å². The van der Waals surface area contributed by atoms with E-state index in [9.17, 15) is 14.7 Å². The van der Waals surface area contributed by atoms with Crippen LogP contribution in [0.4, 0.5) is 0 Å². The summed E-state index contributed by atoms with van der Waals surface area (Å²) in [4.78, 5) is 29.5. The molecule has 1 amide bonds. The molecule has 2 aliphatic rings. The first-order valence-corrected chi connectivity index (χ1v) is 10.3. The molecule has 1 unspecified atom stereocenters. The topological polar surface area (TPSA) is 83.2 Å². The average Bonchev–Trinajstić information content (AvgIpc) is 3.37. The van der Waals surface area contributed by atoms with Gasteiger partial charge in [0.15, 0.2) is 0 Å². The largest absolute Gasteiger partial charge is 0.507 e.